The average molecular weight is 235 g/mol. The highest BCUT2D eigenvalue weighted by atomic mass is 32.2. The van der Waals surface area contributed by atoms with Crippen molar-refractivity contribution in [3.63, 3.8) is 0 Å². The molecule has 0 aromatic rings. The molecule has 0 spiro atoms. The summed E-state index contributed by atoms with van der Waals surface area (Å²) >= 11 is 0. The molecule has 0 saturated heterocycles. The first-order valence-electron chi connectivity index (χ1n) is 5.51. The Kier molecular flexibility index (Phi) is 4.55. The van der Waals surface area contributed by atoms with E-state index < -0.39 is 9.84 Å². The summed E-state index contributed by atoms with van der Waals surface area (Å²) in [4.78, 5) is 0. The van der Waals surface area contributed by atoms with Crippen LogP contribution in [0.2, 0.25) is 0 Å². The Morgan fingerprint density at radius 2 is 2.13 bits per heavy atom. The van der Waals surface area contributed by atoms with Crippen LogP contribution in [0.4, 0.5) is 0 Å². The maximum atomic E-state index is 11.5. The van der Waals surface area contributed by atoms with E-state index in [0.717, 1.165) is 19.3 Å². The Hall–Kier alpha value is -0.130. The molecule has 0 amide bonds. The van der Waals surface area contributed by atoms with Crippen LogP contribution in [0.25, 0.3) is 0 Å². The lowest BCUT2D eigenvalue weighted by Gasteiger charge is -2.23. The van der Waals surface area contributed by atoms with Gasteiger partial charge in [-0.05, 0) is 26.2 Å². The van der Waals surface area contributed by atoms with E-state index in [1.54, 1.807) is 0 Å². The van der Waals surface area contributed by atoms with Gasteiger partial charge in [-0.1, -0.05) is 6.42 Å². The summed E-state index contributed by atoms with van der Waals surface area (Å²) in [5, 5.41) is 11.8. The van der Waals surface area contributed by atoms with Crippen LogP contribution in [0.5, 0.6) is 0 Å². The van der Waals surface area contributed by atoms with Gasteiger partial charge in [0.2, 0.25) is 0 Å². The third-order valence-corrected chi connectivity index (χ3v) is 4.73. The van der Waals surface area contributed by atoms with Crippen molar-refractivity contribution in [2.24, 2.45) is 0 Å². The molecule has 0 aromatic carbocycles. The topological polar surface area (TPSA) is 66.4 Å². The van der Waals surface area contributed by atoms with Crippen molar-refractivity contribution in [2.45, 2.75) is 49.9 Å². The summed E-state index contributed by atoms with van der Waals surface area (Å²) in [6.45, 7) is 2.12. The van der Waals surface area contributed by atoms with Gasteiger partial charge >= 0.3 is 0 Å². The Morgan fingerprint density at radius 1 is 1.47 bits per heavy atom. The van der Waals surface area contributed by atoms with Crippen LogP contribution < -0.4 is 5.32 Å². The first kappa shape index (κ1) is 12.9. The molecule has 5 heteroatoms. The normalized spacial score (nSPS) is 29.3. The maximum absolute atomic E-state index is 11.5. The lowest BCUT2D eigenvalue weighted by Crippen LogP contribution is -2.44. The van der Waals surface area contributed by atoms with Crippen LogP contribution in [-0.2, 0) is 9.84 Å². The van der Waals surface area contributed by atoms with Gasteiger partial charge in [-0.3, -0.25) is 0 Å². The zero-order chi connectivity index (χ0) is 11.5. The molecule has 1 aliphatic carbocycles. The first-order valence-corrected chi connectivity index (χ1v) is 7.46. The number of hydrogen-bond donors (Lipinski definition) is 2. The number of sulfone groups is 1. The molecule has 2 N–H and O–H groups in total. The quantitative estimate of drug-likeness (QED) is 0.720. The van der Waals surface area contributed by atoms with Gasteiger partial charge in [-0.25, -0.2) is 8.42 Å². The second kappa shape index (κ2) is 5.27. The van der Waals surface area contributed by atoms with E-state index in [-0.39, 0.29) is 23.9 Å². The molecule has 90 valence electrons. The standard InChI is InChI=1S/C10H21NO3S/c1-8(6-7-12)11-9-4-3-5-10(9)15(2,13)14/h8-12H,3-7H2,1-2H3. The van der Waals surface area contributed by atoms with Crippen molar-refractivity contribution in [1.82, 2.24) is 5.32 Å². The number of hydrogen-bond acceptors (Lipinski definition) is 4. The summed E-state index contributed by atoms with van der Waals surface area (Å²) in [6, 6.07) is 0.254. The van der Waals surface area contributed by atoms with Crippen molar-refractivity contribution < 1.29 is 13.5 Å². The molecule has 0 aliphatic heterocycles. The molecule has 0 aromatic heterocycles. The van der Waals surface area contributed by atoms with E-state index in [1.807, 2.05) is 6.92 Å². The highest BCUT2D eigenvalue weighted by Crippen LogP contribution is 2.25. The fourth-order valence-corrected chi connectivity index (χ4v) is 3.68. The Morgan fingerprint density at radius 3 is 2.67 bits per heavy atom. The van der Waals surface area contributed by atoms with Gasteiger partial charge in [-0.2, -0.15) is 0 Å². The van der Waals surface area contributed by atoms with E-state index in [0.29, 0.717) is 6.42 Å². The van der Waals surface area contributed by atoms with Gasteiger partial charge in [0.05, 0.1) is 5.25 Å². The minimum atomic E-state index is -2.94. The maximum Gasteiger partial charge on any atom is 0.151 e. The second-order valence-corrected chi connectivity index (χ2v) is 6.75. The molecule has 4 nitrogen and oxygen atoms in total. The van der Waals surface area contributed by atoms with Crippen molar-refractivity contribution in [2.75, 3.05) is 12.9 Å². The van der Waals surface area contributed by atoms with Crippen LogP contribution in [-0.4, -0.2) is 43.7 Å². The van der Waals surface area contributed by atoms with Gasteiger partial charge < -0.3 is 10.4 Å². The van der Waals surface area contributed by atoms with E-state index in [9.17, 15) is 8.42 Å². The summed E-state index contributed by atoms with van der Waals surface area (Å²) in [5.41, 5.74) is 0. The smallest absolute Gasteiger partial charge is 0.151 e. The van der Waals surface area contributed by atoms with Crippen molar-refractivity contribution >= 4 is 9.84 Å². The largest absolute Gasteiger partial charge is 0.396 e. The summed E-state index contributed by atoms with van der Waals surface area (Å²) in [6.07, 6.45) is 4.65. The fourth-order valence-electron chi connectivity index (χ4n) is 2.27. The van der Waals surface area contributed by atoms with Gasteiger partial charge in [0.15, 0.2) is 9.84 Å². The molecule has 1 fully saturated rings. The van der Waals surface area contributed by atoms with Gasteiger partial charge in [0.1, 0.15) is 0 Å². The predicted molar refractivity (Wildman–Crippen MR) is 60.6 cm³/mol. The van der Waals surface area contributed by atoms with Gasteiger partial charge in [0.25, 0.3) is 0 Å². The molecule has 0 heterocycles. The fraction of sp³-hybridized carbons (Fsp3) is 1.00. The Bertz CT molecular complexity index is 289. The zero-order valence-corrected chi connectivity index (χ0v) is 10.3. The third-order valence-electron chi connectivity index (χ3n) is 3.06. The molecule has 1 rings (SSSR count). The molecular formula is C10H21NO3S. The molecule has 1 aliphatic rings. The van der Waals surface area contributed by atoms with E-state index in [4.69, 9.17) is 5.11 Å². The third kappa shape index (κ3) is 3.74. The zero-order valence-electron chi connectivity index (χ0n) is 9.44. The number of rotatable bonds is 5. The molecule has 15 heavy (non-hydrogen) atoms. The Labute approximate surface area is 92.0 Å². The number of aliphatic hydroxyl groups excluding tert-OH is 1. The van der Waals surface area contributed by atoms with Gasteiger partial charge in [-0.15, -0.1) is 0 Å². The SMILES string of the molecule is CC(CCO)NC1CCCC1S(C)(=O)=O. The van der Waals surface area contributed by atoms with Crippen LogP contribution in [0.3, 0.4) is 0 Å². The summed E-state index contributed by atoms with van der Waals surface area (Å²) < 4.78 is 23.0. The lowest BCUT2D eigenvalue weighted by molar-refractivity contribution is 0.263. The second-order valence-electron chi connectivity index (χ2n) is 4.49. The predicted octanol–water partition coefficient (Wildman–Crippen LogP) is 0.313. The lowest BCUT2D eigenvalue weighted by atomic mass is 10.2. The molecule has 1 saturated carbocycles. The summed E-state index contributed by atoms with van der Waals surface area (Å²) in [5.74, 6) is 0. The van der Waals surface area contributed by atoms with E-state index >= 15 is 0 Å². The van der Waals surface area contributed by atoms with Gasteiger partial charge in [0, 0.05) is 24.9 Å². The highest BCUT2D eigenvalue weighted by Gasteiger charge is 2.34. The van der Waals surface area contributed by atoms with Crippen molar-refractivity contribution in [3.8, 4) is 0 Å². The molecule has 0 radical (unpaired) electrons. The van der Waals surface area contributed by atoms with Crippen LogP contribution in [0, 0.1) is 0 Å². The Balaban J connectivity index is 2.54. The van der Waals surface area contributed by atoms with Crippen LogP contribution in [0.1, 0.15) is 32.6 Å². The minimum Gasteiger partial charge on any atom is -0.396 e. The first-order chi connectivity index (χ1) is 6.95. The molecular weight excluding hydrogens is 214 g/mol. The molecule has 3 atom stereocenters. The minimum absolute atomic E-state index is 0.0709. The van der Waals surface area contributed by atoms with E-state index in [1.165, 1.54) is 6.26 Å². The monoisotopic (exact) mass is 235 g/mol. The molecule has 3 unspecified atom stereocenters. The van der Waals surface area contributed by atoms with E-state index in [2.05, 4.69) is 5.32 Å². The molecule has 0 bridgehead atoms. The summed E-state index contributed by atoms with van der Waals surface area (Å²) in [7, 11) is -2.94. The highest BCUT2D eigenvalue weighted by molar-refractivity contribution is 7.91. The van der Waals surface area contributed by atoms with Crippen molar-refractivity contribution in [3.05, 3.63) is 0 Å². The average Bonchev–Trinajstić information content (AvgIpc) is 2.51. The number of nitrogens with one attached hydrogen (secondary N) is 1. The van der Waals surface area contributed by atoms with Crippen LogP contribution >= 0.6 is 0 Å². The number of aliphatic hydroxyl groups is 1. The van der Waals surface area contributed by atoms with Crippen LogP contribution in [0.15, 0.2) is 0 Å². The van der Waals surface area contributed by atoms with Crippen molar-refractivity contribution in [1.29, 1.82) is 0 Å².